The molecule has 5 rings (SSSR count). The van der Waals surface area contributed by atoms with Crippen molar-refractivity contribution >= 4 is 28.4 Å². The van der Waals surface area contributed by atoms with Crippen LogP contribution in [0, 0.1) is 0 Å². The lowest BCUT2D eigenvalue weighted by atomic mass is 10.2. The number of anilines is 2. The molecule has 2 heterocycles. The fraction of sp³-hybridized carbons (Fsp3) is 0.143. The number of hydrogen-bond acceptors (Lipinski definition) is 7. The van der Waals surface area contributed by atoms with Gasteiger partial charge in [-0.1, -0.05) is 24.3 Å². The Labute approximate surface area is 231 Å². The number of nitrogens with one attached hydrogen (secondary N) is 2. The quantitative estimate of drug-likeness (QED) is 0.216. The van der Waals surface area contributed by atoms with Crippen molar-refractivity contribution in [2.45, 2.75) is 13.1 Å². The van der Waals surface area contributed by atoms with Crippen molar-refractivity contribution in [1.82, 2.24) is 19.7 Å². The molecule has 2 amide bonds. The van der Waals surface area contributed by atoms with Gasteiger partial charge < -0.3 is 19.5 Å². The number of carbonyl (C=O) groups excluding carboxylic acids is 1. The zero-order valence-electron chi connectivity index (χ0n) is 21.8. The zero-order valence-corrected chi connectivity index (χ0v) is 21.8. The summed E-state index contributed by atoms with van der Waals surface area (Å²) in [5.41, 5.74) is 0.0826. The minimum absolute atomic E-state index is 0.165. The molecule has 210 valence electrons. The second kappa shape index (κ2) is 11.4. The summed E-state index contributed by atoms with van der Waals surface area (Å²) in [6, 6.07) is 18.0. The highest BCUT2D eigenvalue weighted by Crippen LogP contribution is 2.36. The van der Waals surface area contributed by atoms with Crippen LogP contribution in [0.3, 0.4) is 0 Å². The van der Waals surface area contributed by atoms with Crippen LogP contribution in [-0.4, -0.2) is 39.5 Å². The number of urea groups is 1. The predicted octanol–water partition coefficient (Wildman–Crippen LogP) is 6.68. The molecule has 0 aliphatic carbocycles. The molecule has 0 atom stereocenters. The molecule has 0 aliphatic rings. The van der Waals surface area contributed by atoms with E-state index >= 15 is 0 Å². The molecule has 0 saturated heterocycles. The smallest absolute Gasteiger partial charge is 0.435 e. The van der Waals surface area contributed by atoms with Crippen LogP contribution in [0.5, 0.6) is 23.1 Å². The van der Waals surface area contributed by atoms with E-state index in [2.05, 4.69) is 25.7 Å². The van der Waals surface area contributed by atoms with Crippen LogP contribution in [0.15, 0.2) is 79.1 Å². The number of nitrogens with zero attached hydrogens (tertiary/aromatic N) is 4. The van der Waals surface area contributed by atoms with Crippen LogP contribution >= 0.6 is 0 Å². The van der Waals surface area contributed by atoms with Crippen LogP contribution in [0.1, 0.15) is 12.6 Å². The van der Waals surface area contributed by atoms with E-state index in [1.807, 2.05) is 6.92 Å². The summed E-state index contributed by atoms with van der Waals surface area (Å²) in [5.74, 6) is 1.42. The molecule has 0 radical (unpaired) electrons. The second-order valence-corrected chi connectivity index (χ2v) is 8.50. The van der Waals surface area contributed by atoms with Crippen molar-refractivity contribution in [2.75, 3.05) is 24.4 Å². The van der Waals surface area contributed by atoms with E-state index in [-0.39, 0.29) is 11.7 Å². The monoisotopic (exact) mass is 564 g/mol. The lowest BCUT2D eigenvalue weighted by Gasteiger charge is -2.13. The standard InChI is InChI=1S/C28H23F3N6O4/c1-3-40-23-13-20-21(14-22(23)39-2)32-16-33-26(20)41-19-11-7-8-17(12-19)34-27(38)35-25-15-24(28(29,30)31)36-37(25)18-9-5-4-6-10-18/h4-16H,3H2,1-2H3,(H2,34,35,38). The number of benzene rings is 3. The van der Waals surface area contributed by atoms with Gasteiger partial charge in [0, 0.05) is 23.9 Å². The molecule has 0 spiro atoms. The number of aromatic nitrogens is 4. The third kappa shape index (κ3) is 6.13. The third-order valence-corrected chi connectivity index (χ3v) is 5.73. The highest BCUT2D eigenvalue weighted by atomic mass is 19.4. The molecule has 2 aromatic heterocycles. The van der Waals surface area contributed by atoms with Crippen molar-refractivity contribution in [3.8, 4) is 28.8 Å². The second-order valence-electron chi connectivity index (χ2n) is 8.50. The Balaban J connectivity index is 1.36. The molecule has 2 N–H and O–H groups in total. The number of amides is 2. The number of halogens is 3. The average molecular weight is 565 g/mol. The fourth-order valence-corrected chi connectivity index (χ4v) is 3.95. The van der Waals surface area contributed by atoms with Gasteiger partial charge in [-0.25, -0.2) is 19.4 Å². The number of fused-ring (bicyclic) bond motifs is 1. The Hall–Kier alpha value is -5.33. The van der Waals surface area contributed by atoms with Crippen LogP contribution < -0.4 is 24.8 Å². The summed E-state index contributed by atoms with van der Waals surface area (Å²) < 4.78 is 58.1. The molecular weight excluding hydrogens is 541 g/mol. The Morgan fingerprint density at radius 2 is 1.76 bits per heavy atom. The van der Waals surface area contributed by atoms with Gasteiger partial charge in [0.1, 0.15) is 17.9 Å². The third-order valence-electron chi connectivity index (χ3n) is 5.73. The number of ether oxygens (including phenoxy) is 3. The minimum Gasteiger partial charge on any atom is -0.493 e. The van der Waals surface area contributed by atoms with E-state index in [4.69, 9.17) is 14.2 Å². The van der Waals surface area contributed by atoms with E-state index < -0.39 is 17.9 Å². The summed E-state index contributed by atoms with van der Waals surface area (Å²) in [4.78, 5) is 21.3. The van der Waals surface area contributed by atoms with Gasteiger partial charge in [-0.15, -0.1) is 0 Å². The van der Waals surface area contributed by atoms with Crippen LogP contribution in [-0.2, 0) is 6.18 Å². The molecule has 41 heavy (non-hydrogen) atoms. The molecule has 0 bridgehead atoms. The summed E-state index contributed by atoms with van der Waals surface area (Å²) in [5, 5.41) is 9.23. The van der Waals surface area contributed by atoms with Crippen molar-refractivity contribution in [2.24, 2.45) is 0 Å². The topological polar surface area (TPSA) is 112 Å². The molecule has 0 fully saturated rings. The molecule has 3 aromatic carbocycles. The number of hydrogen-bond donors (Lipinski definition) is 2. The number of rotatable bonds is 8. The first kappa shape index (κ1) is 27.2. The van der Waals surface area contributed by atoms with E-state index in [9.17, 15) is 18.0 Å². The van der Waals surface area contributed by atoms with Gasteiger partial charge in [0.05, 0.1) is 30.3 Å². The lowest BCUT2D eigenvalue weighted by molar-refractivity contribution is -0.141. The SMILES string of the molecule is CCOc1cc2c(Oc3cccc(NC(=O)Nc4cc(C(F)(F)F)nn4-c4ccccc4)c3)ncnc2cc1OC. The highest BCUT2D eigenvalue weighted by molar-refractivity contribution is 5.99. The van der Waals surface area contributed by atoms with Crippen molar-refractivity contribution in [1.29, 1.82) is 0 Å². The van der Waals surface area contributed by atoms with Crippen LogP contribution in [0.25, 0.3) is 16.6 Å². The molecule has 0 aliphatic heterocycles. The van der Waals surface area contributed by atoms with Gasteiger partial charge >= 0.3 is 12.2 Å². The number of alkyl halides is 3. The Kier molecular flexibility index (Phi) is 7.59. The molecular formula is C28H23F3N6O4. The summed E-state index contributed by atoms with van der Waals surface area (Å²) in [7, 11) is 1.53. The van der Waals surface area contributed by atoms with E-state index in [1.54, 1.807) is 60.7 Å². The van der Waals surface area contributed by atoms with E-state index in [1.165, 1.54) is 19.5 Å². The Morgan fingerprint density at radius 1 is 0.951 bits per heavy atom. The first-order valence-electron chi connectivity index (χ1n) is 12.3. The van der Waals surface area contributed by atoms with Crippen LogP contribution in [0.4, 0.5) is 29.5 Å². The highest BCUT2D eigenvalue weighted by Gasteiger charge is 2.35. The first-order chi connectivity index (χ1) is 19.7. The Morgan fingerprint density at radius 3 is 2.49 bits per heavy atom. The van der Waals surface area contributed by atoms with Crippen molar-refractivity contribution in [3.63, 3.8) is 0 Å². The maximum absolute atomic E-state index is 13.4. The molecule has 10 nitrogen and oxygen atoms in total. The zero-order chi connectivity index (χ0) is 29.0. The normalized spacial score (nSPS) is 11.2. The molecule has 0 saturated carbocycles. The van der Waals surface area contributed by atoms with E-state index in [0.29, 0.717) is 46.1 Å². The van der Waals surface area contributed by atoms with Crippen LogP contribution in [0.2, 0.25) is 0 Å². The fourth-order valence-electron chi connectivity index (χ4n) is 3.95. The molecule has 13 heteroatoms. The van der Waals surface area contributed by atoms with Gasteiger partial charge in [-0.3, -0.25) is 5.32 Å². The lowest BCUT2D eigenvalue weighted by Crippen LogP contribution is -2.21. The largest absolute Gasteiger partial charge is 0.493 e. The summed E-state index contributed by atoms with van der Waals surface area (Å²) in [6.45, 7) is 2.27. The number of carbonyl (C=O) groups is 1. The average Bonchev–Trinajstić information content (AvgIpc) is 3.38. The number of para-hydroxylation sites is 1. The molecule has 0 unspecified atom stereocenters. The predicted molar refractivity (Wildman–Crippen MR) is 145 cm³/mol. The number of methoxy groups -OCH3 is 1. The Bertz CT molecular complexity index is 1690. The van der Waals surface area contributed by atoms with Gasteiger partial charge in [0.25, 0.3) is 0 Å². The maximum atomic E-state index is 13.4. The van der Waals surface area contributed by atoms with Gasteiger partial charge in [0.2, 0.25) is 5.88 Å². The van der Waals surface area contributed by atoms with Crippen molar-refractivity contribution < 1.29 is 32.2 Å². The van der Waals surface area contributed by atoms with Crippen molar-refractivity contribution in [3.05, 3.63) is 84.8 Å². The molecule has 5 aromatic rings. The first-order valence-corrected chi connectivity index (χ1v) is 12.3. The van der Waals surface area contributed by atoms with Gasteiger partial charge in [-0.05, 0) is 37.3 Å². The summed E-state index contributed by atoms with van der Waals surface area (Å²) in [6.07, 6.45) is -3.35. The van der Waals surface area contributed by atoms with E-state index in [0.717, 1.165) is 10.7 Å². The van der Waals surface area contributed by atoms with Gasteiger partial charge in [-0.2, -0.15) is 18.3 Å². The maximum Gasteiger partial charge on any atom is 0.435 e. The van der Waals surface area contributed by atoms with Gasteiger partial charge in [0.15, 0.2) is 17.2 Å². The summed E-state index contributed by atoms with van der Waals surface area (Å²) >= 11 is 0. The minimum atomic E-state index is -4.70.